The van der Waals surface area contributed by atoms with Gasteiger partial charge in [-0.25, -0.2) is 15.0 Å². The fraction of sp³-hybridized carbons (Fsp3) is 0.545. The molecule has 2 unspecified atom stereocenters. The molecule has 2 aromatic rings. The molecule has 0 aromatic carbocycles. The van der Waals surface area contributed by atoms with Crippen LogP contribution < -0.4 is 0 Å². The lowest BCUT2D eigenvalue weighted by Gasteiger charge is -2.28. The molecule has 0 amide bonds. The average Bonchev–Trinajstić information content (AvgIpc) is 2.74. The number of aromatic nitrogens is 4. The van der Waals surface area contributed by atoms with Gasteiger partial charge in [0.2, 0.25) is 0 Å². The fourth-order valence-electron chi connectivity index (χ4n) is 2.16. The molecule has 0 spiro atoms. The van der Waals surface area contributed by atoms with Crippen molar-refractivity contribution in [3.63, 3.8) is 0 Å². The van der Waals surface area contributed by atoms with Gasteiger partial charge < -0.3 is 4.74 Å². The van der Waals surface area contributed by atoms with Gasteiger partial charge in [0, 0.05) is 6.61 Å². The highest BCUT2D eigenvalue weighted by Gasteiger charge is 2.23. The number of hydrogen-bond acceptors (Lipinski definition) is 4. The van der Waals surface area contributed by atoms with Gasteiger partial charge in [-0.05, 0) is 18.8 Å². The fourth-order valence-corrected chi connectivity index (χ4v) is 2.34. The Morgan fingerprint density at radius 2 is 2.29 bits per heavy atom. The van der Waals surface area contributed by atoms with Crippen molar-refractivity contribution in [2.45, 2.75) is 26.0 Å². The number of imidazole rings is 1. The molecule has 1 aliphatic heterocycles. The summed E-state index contributed by atoms with van der Waals surface area (Å²) >= 11 is 5.97. The molecule has 3 heterocycles. The molecule has 1 fully saturated rings. The molecule has 0 aliphatic carbocycles. The summed E-state index contributed by atoms with van der Waals surface area (Å²) in [6.45, 7) is 3.01. The Balaban J connectivity index is 2.02. The maximum atomic E-state index is 5.97. The van der Waals surface area contributed by atoms with Crippen molar-refractivity contribution < 1.29 is 4.74 Å². The zero-order valence-corrected chi connectivity index (χ0v) is 10.3. The van der Waals surface area contributed by atoms with E-state index < -0.39 is 0 Å². The van der Waals surface area contributed by atoms with Crippen LogP contribution in [-0.2, 0) is 4.74 Å². The quantitative estimate of drug-likeness (QED) is 0.732. The first kappa shape index (κ1) is 10.9. The standard InChI is InChI=1S/C11H13ClN4O/c1-7-2-3-17-8(4-7)16-6-15-9-10(12)13-5-14-11(9)16/h5-8H,2-4H2,1H3. The van der Waals surface area contributed by atoms with E-state index in [0.717, 1.165) is 25.1 Å². The van der Waals surface area contributed by atoms with Gasteiger partial charge in [-0.2, -0.15) is 0 Å². The van der Waals surface area contributed by atoms with Crippen LogP contribution in [0.1, 0.15) is 26.0 Å². The van der Waals surface area contributed by atoms with Crippen molar-refractivity contribution in [2.24, 2.45) is 5.92 Å². The molecule has 1 aliphatic rings. The van der Waals surface area contributed by atoms with Crippen LogP contribution in [0.3, 0.4) is 0 Å². The molecule has 2 atom stereocenters. The van der Waals surface area contributed by atoms with Gasteiger partial charge in [-0.3, -0.25) is 4.57 Å². The van der Waals surface area contributed by atoms with Crippen LogP contribution >= 0.6 is 11.6 Å². The molecule has 90 valence electrons. The zero-order valence-electron chi connectivity index (χ0n) is 9.51. The first-order chi connectivity index (χ1) is 8.25. The molecule has 0 bridgehead atoms. The third-order valence-corrected chi connectivity index (χ3v) is 3.43. The van der Waals surface area contributed by atoms with Crippen LogP contribution in [0.25, 0.3) is 11.2 Å². The van der Waals surface area contributed by atoms with Crippen LogP contribution in [0.4, 0.5) is 0 Å². The Morgan fingerprint density at radius 3 is 3.12 bits per heavy atom. The second-order valence-electron chi connectivity index (χ2n) is 4.44. The third-order valence-electron chi connectivity index (χ3n) is 3.15. The lowest BCUT2D eigenvalue weighted by molar-refractivity contribution is -0.0485. The number of hydrogen-bond donors (Lipinski definition) is 0. The van der Waals surface area contributed by atoms with E-state index in [1.807, 2.05) is 4.57 Å². The molecule has 0 saturated carbocycles. The van der Waals surface area contributed by atoms with Gasteiger partial charge in [0.05, 0.1) is 6.33 Å². The van der Waals surface area contributed by atoms with Crippen molar-refractivity contribution >= 4 is 22.8 Å². The highest BCUT2D eigenvalue weighted by Crippen LogP contribution is 2.29. The van der Waals surface area contributed by atoms with Crippen LogP contribution in [-0.4, -0.2) is 26.1 Å². The second-order valence-corrected chi connectivity index (χ2v) is 4.80. The third kappa shape index (κ3) is 1.89. The summed E-state index contributed by atoms with van der Waals surface area (Å²) in [4.78, 5) is 12.4. The first-order valence-electron chi connectivity index (χ1n) is 5.70. The maximum absolute atomic E-state index is 5.97. The highest BCUT2D eigenvalue weighted by atomic mass is 35.5. The Labute approximate surface area is 104 Å². The predicted molar refractivity (Wildman–Crippen MR) is 63.7 cm³/mol. The van der Waals surface area contributed by atoms with Gasteiger partial charge in [0.25, 0.3) is 0 Å². The van der Waals surface area contributed by atoms with E-state index >= 15 is 0 Å². The highest BCUT2D eigenvalue weighted by molar-refractivity contribution is 6.33. The topological polar surface area (TPSA) is 52.8 Å². The SMILES string of the molecule is CC1CCOC(n2cnc3c(Cl)ncnc32)C1. The molecule has 5 nitrogen and oxygen atoms in total. The Hall–Kier alpha value is -1.20. The molecule has 0 N–H and O–H groups in total. The van der Waals surface area contributed by atoms with E-state index in [1.165, 1.54) is 6.33 Å². The summed E-state index contributed by atoms with van der Waals surface area (Å²) in [5, 5.41) is 0.387. The zero-order chi connectivity index (χ0) is 11.8. The summed E-state index contributed by atoms with van der Waals surface area (Å²) < 4.78 is 7.70. The Kier molecular flexibility index (Phi) is 2.72. The lowest BCUT2D eigenvalue weighted by Crippen LogP contribution is -2.22. The first-order valence-corrected chi connectivity index (χ1v) is 6.08. The van der Waals surface area contributed by atoms with Gasteiger partial charge in [0.15, 0.2) is 10.8 Å². The van der Waals surface area contributed by atoms with Gasteiger partial charge in [-0.1, -0.05) is 18.5 Å². The van der Waals surface area contributed by atoms with E-state index in [1.54, 1.807) is 6.33 Å². The summed E-state index contributed by atoms with van der Waals surface area (Å²) in [7, 11) is 0. The minimum absolute atomic E-state index is 0.00900. The normalized spacial score (nSPS) is 25.3. The van der Waals surface area contributed by atoms with E-state index in [2.05, 4.69) is 21.9 Å². The van der Waals surface area contributed by atoms with Crippen molar-refractivity contribution in [3.05, 3.63) is 17.8 Å². The van der Waals surface area contributed by atoms with Crippen LogP contribution in [0.5, 0.6) is 0 Å². The van der Waals surface area contributed by atoms with E-state index in [-0.39, 0.29) is 6.23 Å². The van der Waals surface area contributed by atoms with Gasteiger partial charge >= 0.3 is 0 Å². The Morgan fingerprint density at radius 1 is 1.41 bits per heavy atom. The van der Waals surface area contributed by atoms with Crippen LogP contribution in [0, 0.1) is 5.92 Å². The summed E-state index contributed by atoms with van der Waals surface area (Å²) in [6, 6.07) is 0. The lowest BCUT2D eigenvalue weighted by atomic mass is 10.0. The van der Waals surface area contributed by atoms with Crippen molar-refractivity contribution in [1.29, 1.82) is 0 Å². The smallest absolute Gasteiger partial charge is 0.166 e. The molecular formula is C11H13ClN4O. The van der Waals surface area contributed by atoms with E-state index in [4.69, 9.17) is 16.3 Å². The van der Waals surface area contributed by atoms with Crippen molar-refractivity contribution in [1.82, 2.24) is 19.5 Å². The number of ether oxygens (including phenoxy) is 1. The number of nitrogens with zero attached hydrogens (tertiary/aromatic N) is 4. The van der Waals surface area contributed by atoms with Crippen molar-refractivity contribution in [3.8, 4) is 0 Å². The molecule has 17 heavy (non-hydrogen) atoms. The minimum Gasteiger partial charge on any atom is -0.358 e. The van der Waals surface area contributed by atoms with Gasteiger partial charge in [0.1, 0.15) is 18.1 Å². The summed E-state index contributed by atoms with van der Waals surface area (Å²) in [5.41, 5.74) is 1.38. The monoisotopic (exact) mass is 252 g/mol. The largest absolute Gasteiger partial charge is 0.358 e. The minimum atomic E-state index is 0.00900. The Bertz CT molecular complexity index is 541. The predicted octanol–water partition coefficient (Wildman–Crippen LogP) is 2.42. The average molecular weight is 253 g/mol. The second kappa shape index (κ2) is 4.23. The number of fused-ring (bicyclic) bond motifs is 1. The van der Waals surface area contributed by atoms with Crippen molar-refractivity contribution in [2.75, 3.05) is 6.61 Å². The summed E-state index contributed by atoms with van der Waals surface area (Å²) in [6.07, 6.45) is 5.28. The molecule has 3 rings (SSSR count). The molecule has 6 heteroatoms. The summed E-state index contributed by atoms with van der Waals surface area (Å²) in [5.74, 6) is 0.656. The number of halogens is 1. The van der Waals surface area contributed by atoms with Gasteiger partial charge in [-0.15, -0.1) is 0 Å². The molecule has 0 radical (unpaired) electrons. The molecule has 2 aromatic heterocycles. The van der Waals surface area contributed by atoms with Crippen LogP contribution in [0.15, 0.2) is 12.7 Å². The number of rotatable bonds is 1. The maximum Gasteiger partial charge on any atom is 0.166 e. The van der Waals surface area contributed by atoms with E-state index in [9.17, 15) is 0 Å². The molecule has 1 saturated heterocycles. The van der Waals surface area contributed by atoms with Crippen LogP contribution in [0.2, 0.25) is 5.15 Å². The molecular weight excluding hydrogens is 240 g/mol. The van der Waals surface area contributed by atoms with E-state index in [0.29, 0.717) is 16.6 Å².